The van der Waals surface area contributed by atoms with E-state index in [9.17, 15) is 10.1 Å². The molecule has 9 heteroatoms. The first kappa shape index (κ1) is 18.2. The molecule has 1 saturated heterocycles. The second-order valence-corrected chi connectivity index (χ2v) is 7.50. The molecule has 2 aromatic rings. The van der Waals surface area contributed by atoms with E-state index in [0.29, 0.717) is 17.4 Å². The first-order valence-electron chi connectivity index (χ1n) is 9.94. The van der Waals surface area contributed by atoms with Crippen LogP contribution in [-0.2, 0) is 4.79 Å². The van der Waals surface area contributed by atoms with Gasteiger partial charge in [-0.3, -0.25) is 15.2 Å². The zero-order valence-corrected chi connectivity index (χ0v) is 16.1. The van der Waals surface area contributed by atoms with Crippen molar-refractivity contribution < 1.29 is 9.32 Å². The number of hydrogen-bond acceptors (Lipinski definition) is 7. The van der Waals surface area contributed by atoms with Crippen LogP contribution in [0.25, 0.3) is 11.5 Å². The summed E-state index contributed by atoms with van der Waals surface area (Å²) in [7, 11) is 0. The molecule has 9 nitrogen and oxygen atoms in total. The average Bonchev–Trinajstić information content (AvgIpc) is 3.44. The normalized spacial score (nSPS) is 26.8. The Morgan fingerprint density at radius 3 is 2.83 bits per heavy atom. The molecule has 3 aliphatic rings. The number of benzene rings is 1. The van der Waals surface area contributed by atoms with Crippen molar-refractivity contribution in [2.45, 2.75) is 31.7 Å². The highest BCUT2D eigenvalue weighted by Crippen LogP contribution is 2.36. The Balaban J connectivity index is 1.46. The molecule has 1 amide bonds. The molecular formula is C21H19N7O2. The molecular weight excluding hydrogens is 382 g/mol. The lowest BCUT2D eigenvalue weighted by Crippen LogP contribution is -2.46. The predicted molar refractivity (Wildman–Crippen MR) is 108 cm³/mol. The van der Waals surface area contributed by atoms with Gasteiger partial charge in [0.1, 0.15) is 11.8 Å². The van der Waals surface area contributed by atoms with Gasteiger partial charge in [-0.15, -0.1) is 0 Å². The number of hydrazine groups is 1. The van der Waals surface area contributed by atoms with Crippen LogP contribution in [0.1, 0.15) is 25.7 Å². The van der Waals surface area contributed by atoms with E-state index in [2.05, 4.69) is 31.6 Å². The minimum absolute atomic E-state index is 0.00408. The highest BCUT2D eigenvalue weighted by Gasteiger charge is 2.45. The Labute approximate surface area is 172 Å². The van der Waals surface area contributed by atoms with Crippen molar-refractivity contribution in [1.29, 1.82) is 5.26 Å². The van der Waals surface area contributed by atoms with Crippen molar-refractivity contribution in [3.05, 3.63) is 42.4 Å². The fourth-order valence-corrected chi connectivity index (χ4v) is 4.27. The first-order valence-corrected chi connectivity index (χ1v) is 9.94. The molecule has 0 bridgehead atoms. The SMILES string of the molecule is N#C[C@H]1CCCCC1N1NC(=Nc2ccc(-c3ncno3)cc2)C2C(=O)N=CC=C21. The summed E-state index contributed by atoms with van der Waals surface area (Å²) in [5, 5.41) is 15.2. The van der Waals surface area contributed by atoms with Crippen molar-refractivity contribution in [2.24, 2.45) is 21.8 Å². The molecule has 1 N–H and O–H groups in total. The molecule has 0 spiro atoms. The van der Waals surface area contributed by atoms with Crippen LogP contribution in [0.2, 0.25) is 0 Å². The molecule has 2 unspecified atom stereocenters. The zero-order chi connectivity index (χ0) is 20.5. The summed E-state index contributed by atoms with van der Waals surface area (Å²) in [6, 6.07) is 9.77. The van der Waals surface area contributed by atoms with Crippen molar-refractivity contribution in [1.82, 2.24) is 20.6 Å². The van der Waals surface area contributed by atoms with Gasteiger partial charge in [0.25, 0.3) is 11.8 Å². The monoisotopic (exact) mass is 401 g/mol. The number of carbonyl (C=O) groups is 1. The first-order chi connectivity index (χ1) is 14.7. The molecule has 0 radical (unpaired) electrons. The highest BCUT2D eigenvalue weighted by molar-refractivity contribution is 6.12. The molecule has 2 aliphatic heterocycles. The molecule has 1 aromatic carbocycles. The summed E-state index contributed by atoms with van der Waals surface area (Å²) in [5.41, 5.74) is 5.59. The van der Waals surface area contributed by atoms with Gasteiger partial charge < -0.3 is 4.52 Å². The number of aliphatic imine (C=N–C) groups is 2. The van der Waals surface area contributed by atoms with Crippen LogP contribution in [0.4, 0.5) is 5.69 Å². The van der Waals surface area contributed by atoms with Gasteiger partial charge in [0.15, 0.2) is 6.33 Å². The van der Waals surface area contributed by atoms with E-state index in [-0.39, 0.29) is 17.9 Å². The van der Waals surface area contributed by atoms with Gasteiger partial charge in [-0.05, 0) is 43.2 Å². The summed E-state index contributed by atoms with van der Waals surface area (Å²) in [4.78, 5) is 25.3. The smallest absolute Gasteiger partial charge is 0.262 e. The number of nitrogens with one attached hydrogen (secondary N) is 1. The minimum atomic E-state index is -0.577. The lowest BCUT2D eigenvalue weighted by molar-refractivity contribution is -0.119. The van der Waals surface area contributed by atoms with E-state index < -0.39 is 5.92 Å². The predicted octanol–water partition coefficient (Wildman–Crippen LogP) is 2.78. The minimum Gasteiger partial charge on any atom is -0.334 e. The van der Waals surface area contributed by atoms with Crippen LogP contribution in [-0.4, -0.2) is 39.1 Å². The third-order valence-electron chi connectivity index (χ3n) is 5.73. The maximum Gasteiger partial charge on any atom is 0.262 e. The van der Waals surface area contributed by atoms with Crippen molar-refractivity contribution in [2.75, 3.05) is 0 Å². The number of amidine groups is 1. The number of nitriles is 1. The largest absolute Gasteiger partial charge is 0.334 e. The summed E-state index contributed by atoms with van der Waals surface area (Å²) < 4.78 is 5.07. The van der Waals surface area contributed by atoms with Gasteiger partial charge in [-0.2, -0.15) is 10.2 Å². The van der Waals surface area contributed by atoms with Gasteiger partial charge in [-0.25, -0.2) is 9.98 Å². The molecule has 5 rings (SSSR count). The number of hydrogen-bond donors (Lipinski definition) is 1. The Morgan fingerprint density at radius 1 is 1.23 bits per heavy atom. The number of aromatic nitrogens is 2. The van der Waals surface area contributed by atoms with E-state index in [4.69, 9.17) is 4.52 Å². The number of dihydropyridines is 1. The third-order valence-corrected chi connectivity index (χ3v) is 5.73. The maximum atomic E-state index is 12.6. The Morgan fingerprint density at radius 2 is 2.07 bits per heavy atom. The molecule has 2 fully saturated rings. The van der Waals surface area contributed by atoms with E-state index in [1.165, 1.54) is 12.5 Å². The average molecular weight is 401 g/mol. The van der Waals surface area contributed by atoms with Crippen LogP contribution < -0.4 is 5.43 Å². The van der Waals surface area contributed by atoms with Crippen molar-refractivity contribution in [3.8, 4) is 17.5 Å². The molecule has 3 atom stereocenters. The van der Waals surface area contributed by atoms with Crippen LogP contribution in [0.15, 0.2) is 56.9 Å². The van der Waals surface area contributed by atoms with E-state index >= 15 is 0 Å². The summed E-state index contributed by atoms with van der Waals surface area (Å²) in [5.74, 6) is 0.0341. The van der Waals surface area contributed by atoms with Crippen LogP contribution in [0.5, 0.6) is 0 Å². The van der Waals surface area contributed by atoms with Gasteiger partial charge >= 0.3 is 0 Å². The van der Waals surface area contributed by atoms with E-state index in [1.54, 1.807) is 0 Å². The van der Waals surface area contributed by atoms with Gasteiger partial charge in [-0.1, -0.05) is 18.0 Å². The zero-order valence-electron chi connectivity index (χ0n) is 16.1. The molecule has 1 aromatic heterocycles. The van der Waals surface area contributed by atoms with Crippen molar-refractivity contribution in [3.63, 3.8) is 0 Å². The fraction of sp³-hybridized carbons (Fsp3) is 0.333. The number of allylic oxidation sites excluding steroid dienone is 1. The molecule has 1 aliphatic carbocycles. The fourth-order valence-electron chi connectivity index (χ4n) is 4.27. The Bertz CT molecular complexity index is 1080. The quantitative estimate of drug-likeness (QED) is 0.839. The van der Waals surface area contributed by atoms with Gasteiger partial charge in [0.05, 0.1) is 29.4 Å². The van der Waals surface area contributed by atoms with E-state index in [1.807, 2.05) is 35.4 Å². The lowest BCUT2D eigenvalue weighted by Gasteiger charge is -2.36. The molecule has 30 heavy (non-hydrogen) atoms. The van der Waals surface area contributed by atoms with Crippen LogP contribution in [0.3, 0.4) is 0 Å². The van der Waals surface area contributed by atoms with E-state index in [0.717, 1.165) is 36.9 Å². The Kier molecular flexibility index (Phi) is 4.59. The second kappa shape index (κ2) is 7.55. The van der Waals surface area contributed by atoms with Crippen LogP contribution >= 0.6 is 0 Å². The maximum absolute atomic E-state index is 12.6. The lowest BCUT2D eigenvalue weighted by atomic mass is 9.84. The Hall–Kier alpha value is -3.80. The third kappa shape index (κ3) is 3.16. The number of amides is 1. The van der Waals surface area contributed by atoms with Crippen molar-refractivity contribution >= 4 is 23.6 Å². The molecule has 1 saturated carbocycles. The topological polar surface area (TPSA) is 120 Å². The second-order valence-electron chi connectivity index (χ2n) is 7.50. The van der Waals surface area contributed by atoms with Gasteiger partial charge in [0.2, 0.25) is 0 Å². The van der Waals surface area contributed by atoms with Gasteiger partial charge in [0, 0.05) is 11.8 Å². The number of nitrogens with zero attached hydrogens (tertiary/aromatic N) is 6. The van der Waals surface area contributed by atoms with Crippen LogP contribution in [0, 0.1) is 23.2 Å². The summed E-state index contributed by atoms with van der Waals surface area (Å²) in [6.45, 7) is 0. The summed E-state index contributed by atoms with van der Waals surface area (Å²) in [6.07, 6.45) is 8.58. The molecule has 150 valence electrons. The molecule has 3 heterocycles. The summed E-state index contributed by atoms with van der Waals surface area (Å²) >= 11 is 0. The standard InChI is InChI=1S/C21H19N7O2/c22-11-14-3-1-2-4-16(14)28-17-9-10-23-20(29)18(17)19(27-28)26-15-7-5-13(6-8-15)21-24-12-25-30-21/h5-10,12,14,16,18H,1-4H2,(H,26,27)/t14-,16?,18?/m1/s1. The number of fused-ring (bicyclic) bond motifs is 1. The number of rotatable bonds is 3. The highest BCUT2D eigenvalue weighted by atomic mass is 16.5. The number of carbonyl (C=O) groups excluding carboxylic acids is 1.